The molecule has 480 valence electrons. The van der Waals surface area contributed by atoms with Gasteiger partial charge in [-0.2, -0.15) is 9.46 Å². The molecule has 17 rings (SSSR count). The van der Waals surface area contributed by atoms with E-state index in [0.717, 1.165) is 94.5 Å². The van der Waals surface area contributed by atoms with Gasteiger partial charge in [0.1, 0.15) is 23.3 Å². The summed E-state index contributed by atoms with van der Waals surface area (Å²) < 4.78 is 46.1. The molecular weight excluding hydrogens is 1390 g/mol. The number of nitrogens with two attached hydrogens (primary N) is 1. The van der Waals surface area contributed by atoms with Crippen LogP contribution in [0.15, 0.2) is 272 Å². The molecule has 0 saturated heterocycles. The third kappa shape index (κ3) is 14.3. The topological polar surface area (TPSA) is 275 Å². The summed E-state index contributed by atoms with van der Waals surface area (Å²) >= 11 is 6.75. The van der Waals surface area contributed by atoms with Crippen molar-refractivity contribution in [1.82, 2.24) is 59.8 Å². The Bertz CT molecular complexity index is 5880. The van der Waals surface area contributed by atoms with Crippen molar-refractivity contribution in [2.24, 2.45) is 0 Å². The van der Waals surface area contributed by atoms with Crippen molar-refractivity contribution in [3.05, 3.63) is 300 Å². The summed E-state index contributed by atoms with van der Waals surface area (Å²) in [6.45, 7) is 0. The Morgan fingerprint density at radius 3 is 1.31 bits per heavy atom. The van der Waals surface area contributed by atoms with E-state index in [1.165, 1.54) is 49.1 Å². The number of hydrogen-bond donors (Lipinski definition) is 3. The Morgan fingerprint density at radius 1 is 0.364 bits per heavy atom. The molecule has 0 amide bonds. The van der Waals surface area contributed by atoms with E-state index in [1.54, 1.807) is 166 Å². The Kier molecular flexibility index (Phi) is 19.4. The maximum Gasteiger partial charge on any atom is 0.489 e. The van der Waals surface area contributed by atoms with Crippen molar-refractivity contribution in [3.8, 4) is 56.0 Å². The molecule has 3 aromatic carbocycles. The van der Waals surface area contributed by atoms with Crippen molar-refractivity contribution in [3.63, 3.8) is 0 Å². The number of hydrogen-bond acceptors (Lipinski definition) is 17. The molecule has 0 aliphatic carbocycles. The van der Waals surface area contributed by atoms with Crippen LogP contribution >= 0.6 is 31.9 Å². The van der Waals surface area contributed by atoms with Gasteiger partial charge >= 0.3 is 7.12 Å². The van der Waals surface area contributed by atoms with Gasteiger partial charge in [-0.3, -0.25) is 24.9 Å². The van der Waals surface area contributed by atoms with Gasteiger partial charge in [0.15, 0.2) is 41.7 Å². The van der Waals surface area contributed by atoms with Gasteiger partial charge < -0.3 is 26.2 Å². The second-order valence-corrected chi connectivity index (χ2v) is 23.5. The third-order valence-corrected chi connectivity index (χ3v) is 16.9. The van der Waals surface area contributed by atoms with Crippen molar-refractivity contribution < 1.29 is 32.7 Å². The summed E-state index contributed by atoms with van der Waals surface area (Å²) in [5.41, 5.74) is 13.5. The molecule has 0 saturated carbocycles. The molecule has 0 spiro atoms. The Hall–Kier alpha value is -12.3. The standard InChI is InChI=1S/C22H14FN5.C22H13FN4O.C14H10BFN2O2.C8H5BrN2O.C8H5BrN2/c23-19-6-2-1-4-15(19)20-10-16(14-5-3-8-27-22(14)28-20)17-11-25-12-18-13(17)7-9-26-21(18)24;23-20-6-2-1-4-17(20)21-10-18(16-5-3-8-25-22(16)26-21)19-12-24-11-14-13-27(28)9-7-15(14)19;16-12-6-2-1-4-10(12)13-8-11(15(19)20)9-5-3-7-17-14(9)18-13;9-8-4-10-3-6-5-11(12)2-1-7(6)8;9-8-5-11-4-6-3-10-2-1-7(6)8/h1-12H,(H2,24,26);1-13H;1-8,19-20H;1-5H;1-5H. The minimum Gasteiger partial charge on any atom is -0.619 e. The van der Waals surface area contributed by atoms with Crippen LogP contribution in [0.1, 0.15) is 0 Å². The van der Waals surface area contributed by atoms with E-state index in [9.17, 15) is 33.6 Å². The summed E-state index contributed by atoms with van der Waals surface area (Å²) in [5.74, 6) is -0.688. The molecule has 0 bridgehead atoms. The van der Waals surface area contributed by atoms with Gasteiger partial charge in [-0.15, -0.1) is 0 Å². The van der Waals surface area contributed by atoms with Crippen LogP contribution in [-0.4, -0.2) is 77.0 Å². The lowest BCUT2D eigenvalue weighted by Crippen LogP contribution is -2.31. The zero-order valence-corrected chi connectivity index (χ0v) is 54.5. The zero-order valence-electron chi connectivity index (χ0n) is 51.3. The SMILES string of the molecule is Brc1cncc2cnccc12.Nc1nccc2c(-c3cc(-c4ccccc4F)nc4ncccc34)cncc12.OB(O)c1cc(-c2ccccc2F)nc2ncccc12.[O-][n+]1ccc2c(-c3cc(-c4ccccc4F)nc4ncccc34)cncc2c1.[O-][n+]1ccc2c(Br)cncc2c1. The number of aromatic nitrogens is 14. The van der Waals surface area contributed by atoms with Crippen LogP contribution in [-0.2, 0) is 0 Å². The lowest BCUT2D eigenvalue weighted by Gasteiger charge is -2.12. The monoisotopic (exact) mass is 1440 g/mol. The minimum atomic E-state index is -1.67. The Morgan fingerprint density at radius 2 is 0.788 bits per heavy atom. The predicted octanol–water partition coefficient (Wildman–Crippen LogP) is 14.1. The molecule has 0 fully saturated rings. The number of pyridine rings is 14. The van der Waals surface area contributed by atoms with E-state index in [1.807, 2.05) is 48.5 Å². The number of nitrogens with zero attached hydrogens (tertiary/aromatic N) is 14. The van der Waals surface area contributed by atoms with Gasteiger partial charge in [0.2, 0.25) is 0 Å². The fourth-order valence-corrected chi connectivity index (χ4v) is 11.9. The van der Waals surface area contributed by atoms with Crippen molar-refractivity contribution in [2.45, 2.75) is 0 Å². The molecule has 99 heavy (non-hydrogen) atoms. The first kappa shape index (κ1) is 65.4. The molecule has 14 heterocycles. The molecule has 4 N–H and O–H groups in total. The second-order valence-electron chi connectivity index (χ2n) is 21.8. The van der Waals surface area contributed by atoms with Crippen LogP contribution in [0.4, 0.5) is 19.0 Å². The van der Waals surface area contributed by atoms with E-state index >= 15 is 0 Å². The predicted molar refractivity (Wildman–Crippen MR) is 383 cm³/mol. The van der Waals surface area contributed by atoms with Crippen molar-refractivity contribution in [1.29, 1.82) is 0 Å². The quantitative estimate of drug-likeness (QED) is 0.0792. The summed E-state index contributed by atoms with van der Waals surface area (Å²) in [6, 6.07) is 42.7. The Labute approximate surface area is 577 Å². The Balaban J connectivity index is 0.000000116. The molecule has 14 aromatic heterocycles. The third-order valence-electron chi connectivity index (χ3n) is 15.6. The molecule has 0 unspecified atom stereocenters. The number of halogens is 5. The van der Waals surface area contributed by atoms with Crippen LogP contribution in [0.25, 0.3) is 132 Å². The van der Waals surface area contributed by atoms with Crippen LogP contribution in [0.3, 0.4) is 0 Å². The fourth-order valence-electron chi connectivity index (χ4n) is 11.0. The van der Waals surface area contributed by atoms with E-state index in [0.29, 0.717) is 61.9 Å². The largest absolute Gasteiger partial charge is 0.619 e. The molecule has 0 atom stereocenters. The van der Waals surface area contributed by atoms with Gasteiger partial charge in [-0.25, -0.2) is 48.1 Å². The molecule has 0 aliphatic rings. The number of rotatable bonds is 6. The lowest BCUT2D eigenvalue weighted by molar-refractivity contribution is -0.604. The minimum absolute atomic E-state index is 0.251. The summed E-state index contributed by atoms with van der Waals surface area (Å²) in [5, 5.41) is 51.0. The van der Waals surface area contributed by atoms with Crippen LogP contribution in [0, 0.1) is 27.9 Å². The molecule has 0 aliphatic heterocycles. The van der Waals surface area contributed by atoms with Crippen molar-refractivity contribution in [2.75, 3.05) is 5.73 Å². The van der Waals surface area contributed by atoms with Crippen LogP contribution in [0.2, 0.25) is 0 Å². The molecule has 17 aromatic rings. The summed E-state index contributed by atoms with van der Waals surface area (Å²) in [6.07, 6.45) is 29.8. The fraction of sp³-hybridized carbons (Fsp3) is 0. The first-order chi connectivity index (χ1) is 48.2. The van der Waals surface area contributed by atoms with Gasteiger partial charge in [-0.1, -0.05) is 42.5 Å². The van der Waals surface area contributed by atoms with E-state index in [-0.39, 0.29) is 17.1 Å². The maximum atomic E-state index is 14.4. The van der Waals surface area contributed by atoms with Crippen molar-refractivity contribution >= 4 is 126 Å². The highest BCUT2D eigenvalue weighted by atomic mass is 79.9. The molecule has 19 nitrogen and oxygen atoms in total. The summed E-state index contributed by atoms with van der Waals surface area (Å²) in [4.78, 5) is 51.0. The number of fused-ring (bicyclic) bond motifs is 7. The number of anilines is 1. The normalized spacial score (nSPS) is 10.9. The highest BCUT2D eigenvalue weighted by Gasteiger charge is 2.21. The molecule has 25 heteroatoms. The average molecular weight is 1440 g/mol. The van der Waals surface area contributed by atoms with Gasteiger partial charge in [-0.05, 0) is 151 Å². The number of nitrogen functional groups attached to an aromatic ring is 1. The van der Waals surface area contributed by atoms with Gasteiger partial charge in [0.25, 0.3) is 0 Å². The first-order valence-corrected chi connectivity index (χ1v) is 31.6. The van der Waals surface area contributed by atoms with E-state index < -0.39 is 12.9 Å². The smallest absolute Gasteiger partial charge is 0.489 e. The highest BCUT2D eigenvalue weighted by Crippen LogP contribution is 2.38. The van der Waals surface area contributed by atoms with Crippen LogP contribution in [0.5, 0.6) is 0 Å². The molecular formula is C74H47BBr2F3N15O4. The maximum absolute atomic E-state index is 14.4. The first-order valence-electron chi connectivity index (χ1n) is 30.0. The van der Waals surface area contributed by atoms with Gasteiger partial charge in [0, 0.05) is 179 Å². The summed E-state index contributed by atoms with van der Waals surface area (Å²) in [7, 11) is -1.67. The van der Waals surface area contributed by atoms with E-state index in [4.69, 9.17) is 5.73 Å². The van der Waals surface area contributed by atoms with Crippen LogP contribution < -0.4 is 20.7 Å². The number of benzene rings is 3. The average Bonchev–Trinajstić information content (AvgIpc) is 0.771. The highest BCUT2D eigenvalue weighted by molar-refractivity contribution is 9.11. The lowest BCUT2D eigenvalue weighted by atomic mass is 9.78. The van der Waals surface area contributed by atoms with E-state index in [2.05, 4.69) is 91.7 Å². The zero-order chi connectivity index (χ0) is 68.5. The molecule has 0 radical (unpaired) electrons. The second kappa shape index (κ2) is 29.4. The van der Waals surface area contributed by atoms with Gasteiger partial charge in [0.05, 0.1) is 27.9 Å².